The third-order valence-corrected chi connectivity index (χ3v) is 5.37. The minimum absolute atomic E-state index is 0. The molecule has 1 amide bonds. The molecule has 0 bridgehead atoms. The Morgan fingerprint density at radius 2 is 2.09 bits per heavy atom. The first kappa shape index (κ1) is 20.4. The Hall–Kier alpha value is -0.620. The third-order valence-electron chi connectivity index (χ3n) is 4.24. The van der Waals surface area contributed by atoms with Gasteiger partial charge in [0.15, 0.2) is 0 Å². The Labute approximate surface area is 155 Å². The summed E-state index contributed by atoms with van der Waals surface area (Å²) in [4.78, 5) is 16.9. The number of thioether (sulfide) groups is 1. The average Bonchev–Trinajstić information content (AvgIpc) is 2.68. The predicted octanol–water partition coefficient (Wildman–Crippen LogP) is 2.40. The van der Waals surface area contributed by atoms with Crippen LogP contribution in [0, 0.1) is 0 Å². The molecule has 23 heavy (non-hydrogen) atoms. The zero-order valence-electron chi connectivity index (χ0n) is 13.4. The van der Waals surface area contributed by atoms with Gasteiger partial charge in [-0.3, -0.25) is 4.79 Å². The summed E-state index contributed by atoms with van der Waals surface area (Å²) in [5, 5.41) is 3.45. The van der Waals surface area contributed by atoms with Gasteiger partial charge in [-0.1, -0.05) is 18.2 Å². The summed E-state index contributed by atoms with van der Waals surface area (Å²) >= 11 is 1.94. The van der Waals surface area contributed by atoms with Gasteiger partial charge in [-0.2, -0.15) is 11.8 Å². The number of para-hydroxylation sites is 1. The van der Waals surface area contributed by atoms with Crippen LogP contribution in [0.3, 0.4) is 0 Å². The van der Waals surface area contributed by atoms with Crippen molar-refractivity contribution in [2.75, 3.05) is 43.1 Å². The van der Waals surface area contributed by atoms with Crippen molar-refractivity contribution < 1.29 is 4.79 Å². The Morgan fingerprint density at radius 3 is 2.83 bits per heavy atom. The Bertz CT molecular complexity index is 512. The van der Waals surface area contributed by atoms with Crippen molar-refractivity contribution in [2.24, 2.45) is 0 Å². The largest absolute Gasteiger partial charge is 0.373 e. The molecule has 2 heterocycles. The van der Waals surface area contributed by atoms with Crippen molar-refractivity contribution >= 4 is 48.2 Å². The van der Waals surface area contributed by atoms with Gasteiger partial charge in [0.05, 0.1) is 0 Å². The molecule has 1 aromatic carbocycles. The van der Waals surface area contributed by atoms with E-state index in [-0.39, 0.29) is 30.7 Å². The van der Waals surface area contributed by atoms with Crippen molar-refractivity contribution in [2.45, 2.75) is 19.0 Å². The van der Waals surface area contributed by atoms with E-state index in [1.165, 1.54) is 11.3 Å². The second-order valence-electron chi connectivity index (χ2n) is 5.80. The van der Waals surface area contributed by atoms with Crippen LogP contribution in [0.15, 0.2) is 24.3 Å². The standard InChI is InChI=1S/C16H23N3OS.2ClH/c1-18-7-8-19(11-13-4-2-3-5-15(13)18)16(20)10-14-12-21-9-6-17-14;;/h2-5,14,17H,6-12H2,1H3;2*1H. The van der Waals surface area contributed by atoms with Crippen molar-refractivity contribution in [3.8, 4) is 0 Å². The number of fused-ring (bicyclic) bond motifs is 1. The molecule has 1 unspecified atom stereocenters. The number of carbonyl (C=O) groups is 1. The molecule has 0 radical (unpaired) electrons. The van der Waals surface area contributed by atoms with Crippen LogP contribution in [0.1, 0.15) is 12.0 Å². The zero-order chi connectivity index (χ0) is 14.7. The zero-order valence-corrected chi connectivity index (χ0v) is 15.8. The van der Waals surface area contributed by atoms with Gasteiger partial charge in [-0.25, -0.2) is 0 Å². The fourth-order valence-electron chi connectivity index (χ4n) is 3.00. The molecule has 1 aromatic rings. The second-order valence-corrected chi connectivity index (χ2v) is 6.95. The van der Waals surface area contributed by atoms with Crippen LogP contribution in [0.4, 0.5) is 5.69 Å². The second kappa shape index (κ2) is 9.62. The number of anilines is 1. The molecule has 2 aliphatic heterocycles. The van der Waals surface area contributed by atoms with Crippen molar-refractivity contribution in [3.05, 3.63) is 29.8 Å². The molecule has 0 spiro atoms. The monoisotopic (exact) mass is 377 g/mol. The number of benzene rings is 1. The molecule has 1 N–H and O–H groups in total. The normalized spacial score (nSPS) is 20.7. The van der Waals surface area contributed by atoms with Gasteiger partial charge in [0.2, 0.25) is 5.91 Å². The number of halogens is 2. The van der Waals surface area contributed by atoms with Gasteiger partial charge in [0.25, 0.3) is 0 Å². The van der Waals surface area contributed by atoms with E-state index in [0.29, 0.717) is 12.5 Å². The average molecular weight is 378 g/mol. The SMILES string of the molecule is CN1CCN(C(=O)CC2CSCCN2)Cc2ccccc21.Cl.Cl. The molecule has 1 fully saturated rings. The summed E-state index contributed by atoms with van der Waals surface area (Å²) in [6.07, 6.45) is 0.624. The first-order valence-corrected chi connectivity index (χ1v) is 8.77. The van der Waals surface area contributed by atoms with Crippen LogP contribution >= 0.6 is 36.6 Å². The lowest BCUT2D eigenvalue weighted by Crippen LogP contribution is -2.43. The first-order chi connectivity index (χ1) is 10.2. The number of nitrogens with one attached hydrogen (secondary N) is 1. The van der Waals surface area contributed by atoms with Gasteiger partial charge < -0.3 is 15.1 Å². The Balaban J connectivity index is 0.00000132. The van der Waals surface area contributed by atoms with E-state index in [2.05, 4.69) is 41.5 Å². The van der Waals surface area contributed by atoms with Crippen LogP contribution in [0.25, 0.3) is 0 Å². The predicted molar refractivity (Wildman–Crippen MR) is 103 cm³/mol. The highest BCUT2D eigenvalue weighted by molar-refractivity contribution is 7.99. The molecule has 0 aliphatic carbocycles. The highest BCUT2D eigenvalue weighted by Gasteiger charge is 2.24. The number of amides is 1. The van der Waals surface area contributed by atoms with Crippen LogP contribution in [-0.4, -0.2) is 55.0 Å². The molecular formula is C16H25Cl2N3OS. The van der Waals surface area contributed by atoms with E-state index < -0.39 is 0 Å². The fourth-order valence-corrected chi connectivity index (χ4v) is 3.95. The van der Waals surface area contributed by atoms with E-state index in [4.69, 9.17) is 0 Å². The molecule has 0 aromatic heterocycles. The topological polar surface area (TPSA) is 35.6 Å². The van der Waals surface area contributed by atoms with Crippen LogP contribution < -0.4 is 10.2 Å². The van der Waals surface area contributed by atoms with Gasteiger partial charge in [0.1, 0.15) is 0 Å². The molecular weight excluding hydrogens is 353 g/mol. The fraction of sp³-hybridized carbons (Fsp3) is 0.562. The minimum atomic E-state index is 0. The summed E-state index contributed by atoms with van der Waals surface area (Å²) in [6, 6.07) is 8.73. The van der Waals surface area contributed by atoms with Gasteiger partial charge in [-0.15, -0.1) is 24.8 Å². The van der Waals surface area contributed by atoms with Crippen LogP contribution in [0.2, 0.25) is 0 Å². The number of nitrogens with zero attached hydrogens (tertiary/aromatic N) is 2. The maximum atomic E-state index is 12.6. The first-order valence-electron chi connectivity index (χ1n) is 7.62. The quantitative estimate of drug-likeness (QED) is 0.858. The molecule has 0 saturated carbocycles. The molecule has 3 rings (SSSR count). The summed E-state index contributed by atoms with van der Waals surface area (Å²) in [7, 11) is 2.10. The Morgan fingerprint density at radius 1 is 1.30 bits per heavy atom. The maximum absolute atomic E-state index is 12.6. The van der Waals surface area contributed by atoms with Crippen LogP contribution in [-0.2, 0) is 11.3 Å². The summed E-state index contributed by atoms with van der Waals surface area (Å²) in [5.74, 6) is 2.49. The smallest absolute Gasteiger partial charge is 0.224 e. The van der Waals surface area contributed by atoms with E-state index >= 15 is 0 Å². The lowest BCUT2D eigenvalue weighted by molar-refractivity contribution is -0.132. The number of rotatable bonds is 2. The van der Waals surface area contributed by atoms with E-state index in [9.17, 15) is 4.79 Å². The molecule has 1 atom stereocenters. The van der Waals surface area contributed by atoms with E-state index in [0.717, 1.165) is 37.7 Å². The molecule has 130 valence electrons. The molecule has 1 saturated heterocycles. The summed E-state index contributed by atoms with van der Waals surface area (Å²) in [6.45, 7) is 3.47. The lowest BCUT2D eigenvalue weighted by Gasteiger charge is -2.26. The van der Waals surface area contributed by atoms with Gasteiger partial charge >= 0.3 is 0 Å². The third kappa shape index (κ3) is 5.18. The molecule has 4 nitrogen and oxygen atoms in total. The Kier molecular flexibility index (Phi) is 8.54. The maximum Gasteiger partial charge on any atom is 0.224 e. The number of likely N-dealkylation sites (N-methyl/N-ethyl adjacent to an activating group) is 1. The summed E-state index contributed by atoms with van der Waals surface area (Å²) < 4.78 is 0. The lowest BCUT2D eigenvalue weighted by atomic mass is 10.1. The number of hydrogen-bond donors (Lipinski definition) is 1. The van der Waals surface area contributed by atoms with Crippen molar-refractivity contribution in [1.29, 1.82) is 0 Å². The molecule has 2 aliphatic rings. The van der Waals surface area contributed by atoms with Crippen molar-refractivity contribution in [3.63, 3.8) is 0 Å². The van der Waals surface area contributed by atoms with E-state index in [1.54, 1.807) is 0 Å². The van der Waals surface area contributed by atoms with Crippen LogP contribution in [0.5, 0.6) is 0 Å². The highest BCUT2D eigenvalue weighted by atomic mass is 35.5. The molecule has 7 heteroatoms. The van der Waals surface area contributed by atoms with Gasteiger partial charge in [0, 0.05) is 62.9 Å². The highest BCUT2D eigenvalue weighted by Crippen LogP contribution is 2.24. The summed E-state index contributed by atoms with van der Waals surface area (Å²) in [5.41, 5.74) is 2.50. The van der Waals surface area contributed by atoms with E-state index in [1.807, 2.05) is 16.7 Å². The number of hydrogen-bond acceptors (Lipinski definition) is 4. The number of carbonyl (C=O) groups excluding carboxylic acids is 1. The minimum Gasteiger partial charge on any atom is -0.373 e. The van der Waals surface area contributed by atoms with Crippen molar-refractivity contribution in [1.82, 2.24) is 10.2 Å². The van der Waals surface area contributed by atoms with Gasteiger partial charge in [-0.05, 0) is 11.6 Å².